The predicted molar refractivity (Wildman–Crippen MR) is 99.1 cm³/mol. The van der Waals surface area contributed by atoms with E-state index in [4.69, 9.17) is 16.0 Å². The van der Waals surface area contributed by atoms with Gasteiger partial charge in [-0.05, 0) is 35.9 Å². The van der Waals surface area contributed by atoms with Gasteiger partial charge in [-0.3, -0.25) is 14.3 Å². The van der Waals surface area contributed by atoms with E-state index in [2.05, 4.69) is 10.4 Å². The van der Waals surface area contributed by atoms with Crippen molar-refractivity contribution in [1.29, 1.82) is 0 Å². The molecular formula is C19H14ClF2N3O3. The van der Waals surface area contributed by atoms with Gasteiger partial charge in [0.1, 0.15) is 22.4 Å². The molecule has 0 atom stereocenters. The lowest BCUT2D eigenvalue weighted by molar-refractivity contribution is -0.111. The fourth-order valence-electron chi connectivity index (χ4n) is 2.34. The number of rotatable bonds is 6. The topological polar surface area (TPSA) is 77.1 Å². The number of nitrogens with zero attached hydrogens (tertiary/aromatic N) is 2. The van der Waals surface area contributed by atoms with Gasteiger partial charge in [-0.2, -0.15) is 5.10 Å². The van der Waals surface area contributed by atoms with E-state index in [0.717, 1.165) is 18.2 Å². The highest BCUT2D eigenvalue weighted by atomic mass is 35.5. The van der Waals surface area contributed by atoms with E-state index in [1.807, 2.05) is 0 Å². The molecule has 3 rings (SSSR count). The molecule has 2 heterocycles. The lowest BCUT2D eigenvalue weighted by atomic mass is 10.2. The Hall–Kier alpha value is -3.26. The van der Waals surface area contributed by atoms with Gasteiger partial charge >= 0.3 is 0 Å². The second-order valence-corrected chi connectivity index (χ2v) is 6.22. The van der Waals surface area contributed by atoms with Crippen LogP contribution in [0.1, 0.15) is 28.8 Å². The number of halogens is 3. The zero-order valence-electron chi connectivity index (χ0n) is 14.6. The van der Waals surface area contributed by atoms with Crippen molar-refractivity contribution in [2.24, 2.45) is 0 Å². The number of amides is 1. The van der Waals surface area contributed by atoms with Crippen LogP contribution in [0, 0.1) is 11.6 Å². The Morgan fingerprint density at radius 2 is 1.96 bits per heavy atom. The highest BCUT2D eigenvalue weighted by Crippen LogP contribution is 2.21. The van der Waals surface area contributed by atoms with E-state index in [-0.39, 0.29) is 29.5 Å². The maximum atomic E-state index is 13.4. The first-order valence-electron chi connectivity index (χ1n) is 8.08. The van der Waals surface area contributed by atoms with Crippen molar-refractivity contribution in [3.8, 4) is 0 Å². The van der Waals surface area contributed by atoms with Crippen LogP contribution in [0.4, 0.5) is 14.6 Å². The fraction of sp³-hybridized carbons (Fsp3) is 0.105. The van der Waals surface area contributed by atoms with Crippen LogP contribution in [-0.4, -0.2) is 21.5 Å². The van der Waals surface area contributed by atoms with E-state index in [0.29, 0.717) is 5.76 Å². The molecule has 1 N–H and O–H groups in total. The summed E-state index contributed by atoms with van der Waals surface area (Å²) in [4.78, 5) is 23.2. The molecule has 9 heteroatoms. The molecule has 1 amide bonds. The third-order valence-corrected chi connectivity index (χ3v) is 4.01. The van der Waals surface area contributed by atoms with Crippen molar-refractivity contribution >= 4 is 35.2 Å². The van der Waals surface area contributed by atoms with Gasteiger partial charge in [-0.15, -0.1) is 0 Å². The zero-order valence-corrected chi connectivity index (χ0v) is 15.3. The van der Waals surface area contributed by atoms with Gasteiger partial charge in [-0.25, -0.2) is 8.78 Å². The van der Waals surface area contributed by atoms with Gasteiger partial charge in [0.25, 0.3) is 0 Å². The summed E-state index contributed by atoms with van der Waals surface area (Å²) < 4.78 is 33.7. The monoisotopic (exact) mass is 405 g/mol. The molecule has 0 aliphatic heterocycles. The van der Waals surface area contributed by atoms with Crippen LogP contribution in [0.3, 0.4) is 0 Å². The number of aromatic nitrogens is 2. The molecule has 0 spiro atoms. The number of ketones is 1. The van der Waals surface area contributed by atoms with Gasteiger partial charge in [0, 0.05) is 25.3 Å². The number of furan rings is 1. The Morgan fingerprint density at radius 3 is 2.61 bits per heavy atom. The number of hydrogen-bond donors (Lipinski definition) is 1. The van der Waals surface area contributed by atoms with Crippen molar-refractivity contribution in [3.05, 3.63) is 76.3 Å². The second kappa shape index (κ2) is 8.18. The molecule has 144 valence electrons. The van der Waals surface area contributed by atoms with E-state index in [1.54, 1.807) is 24.4 Å². The lowest BCUT2D eigenvalue weighted by Gasteiger charge is -2.00. The van der Waals surface area contributed by atoms with Crippen LogP contribution in [-0.2, 0) is 11.3 Å². The van der Waals surface area contributed by atoms with E-state index in [9.17, 15) is 18.4 Å². The molecule has 1 aromatic carbocycles. The van der Waals surface area contributed by atoms with E-state index < -0.39 is 22.6 Å². The Kier molecular flexibility index (Phi) is 5.70. The quantitative estimate of drug-likeness (QED) is 0.376. The van der Waals surface area contributed by atoms with Crippen LogP contribution in [0.5, 0.6) is 0 Å². The smallest absolute Gasteiger partial charge is 0.249 e. The number of carbonyl (C=O) groups excluding carboxylic acids is 2. The highest BCUT2D eigenvalue weighted by molar-refractivity contribution is 6.30. The standard InChI is InChI=1S/C19H14ClF2N3O3/c1-11(26)16-4-3-13(28-16)10-25-7-6-17(24-25)23-18(27)5-2-12-8-14(21)19(20)15(22)9-12/h2-9H,10H2,1H3,(H,23,24,27)/b5-2+. The van der Waals surface area contributed by atoms with Crippen molar-refractivity contribution in [3.63, 3.8) is 0 Å². The Bertz CT molecular complexity index is 1050. The minimum Gasteiger partial charge on any atom is -0.456 e. The maximum Gasteiger partial charge on any atom is 0.249 e. The van der Waals surface area contributed by atoms with Crippen LogP contribution in [0.2, 0.25) is 5.02 Å². The molecule has 0 aliphatic carbocycles. The summed E-state index contributed by atoms with van der Waals surface area (Å²) in [5, 5.41) is 6.09. The summed E-state index contributed by atoms with van der Waals surface area (Å²) in [6.45, 7) is 1.69. The van der Waals surface area contributed by atoms with Gasteiger partial charge in [0.2, 0.25) is 5.91 Å². The molecule has 2 aromatic heterocycles. The van der Waals surface area contributed by atoms with Crippen molar-refractivity contribution < 1.29 is 22.8 Å². The Labute approximate surface area is 163 Å². The summed E-state index contributed by atoms with van der Waals surface area (Å²) in [7, 11) is 0. The maximum absolute atomic E-state index is 13.4. The molecule has 0 aliphatic rings. The molecule has 0 radical (unpaired) electrons. The molecule has 0 unspecified atom stereocenters. The van der Waals surface area contributed by atoms with E-state index in [1.165, 1.54) is 17.7 Å². The van der Waals surface area contributed by atoms with Gasteiger partial charge in [0.15, 0.2) is 17.4 Å². The number of hydrogen-bond acceptors (Lipinski definition) is 4. The van der Waals surface area contributed by atoms with Crippen LogP contribution in [0.25, 0.3) is 6.08 Å². The van der Waals surface area contributed by atoms with E-state index >= 15 is 0 Å². The SMILES string of the molecule is CC(=O)c1ccc(Cn2ccc(NC(=O)/C=C/c3cc(F)c(Cl)c(F)c3)n2)o1. The first kappa shape index (κ1) is 19.5. The summed E-state index contributed by atoms with van der Waals surface area (Å²) in [6.07, 6.45) is 3.99. The van der Waals surface area contributed by atoms with Gasteiger partial charge in [-0.1, -0.05) is 11.6 Å². The normalized spacial score (nSPS) is 11.1. The number of Topliss-reactive ketones (excluding diaryl/α,β-unsaturated/α-hetero) is 1. The summed E-state index contributed by atoms with van der Waals surface area (Å²) in [5.74, 6) is -1.45. The van der Waals surface area contributed by atoms with Crippen LogP contribution >= 0.6 is 11.6 Å². The van der Waals surface area contributed by atoms with Crippen LogP contribution in [0.15, 0.2) is 47.0 Å². The second-order valence-electron chi connectivity index (χ2n) is 5.84. The molecular weight excluding hydrogens is 392 g/mol. The van der Waals surface area contributed by atoms with Crippen molar-refractivity contribution in [1.82, 2.24) is 9.78 Å². The van der Waals surface area contributed by atoms with Crippen molar-refractivity contribution in [2.45, 2.75) is 13.5 Å². The predicted octanol–water partition coefficient (Wildman–Crippen LogP) is 4.31. The molecule has 0 bridgehead atoms. The van der Waals surface area contributed by atoms with Crippen LogP contribution < -0.4 is 5.32 Å². The summed E-state index contributed by atoms with van der Waals surface area (Å²) in [5.41, 5.74) is 0.152. The average Bonchev–Trinajstić information content (AvgIpc) is 3.28. The third-order valence-electron chi connectivity index (χ3n) is 3.65. The Balaban J connectivity index is 1.61. The molecule has 0 saturated heterocycles. The number of anilines is 1. The van der Waals surface area contributed by atoms with Gasteiger partial charge in [0.05, 0.1) is 6.54 Å². The number of nitrogens with one attached hydrogen (secondary N) is 1. The first-order chi connectivity index (χ1) is 13.3. The number of benzene rings is 1. The first-order valence-corrected chi connectivity index (χ1v) is 8.46. The molecule has 3 aromatic rings. The Morgan fingerprint density at radius 1 is 1.25 bits per heavy atom. The molecule has 0 saturated carbocycles. The lowest BCUT2D eigenvalue weighted by Crippen LogP contribution is -2.09. The minimum atomic E-state index is -0.911. The molecule has 0 fully saturated rings. The van der Waals surface area contributed by atoms with Gasteiger partial charge < -0.3 is 9.73 Å². The zero-order chi connectivity index (χ0) is 20.3. The molecule has 28 heavy (non-hydrogen) atoms. The number of carbonyl (C=O) groups is 2. The van der Waals surface area contributed by atoms with Crippen molar-refractivity contribution in [2.75, 3.05) is 5.32 Å². The minimum absolute atomic E-state index is 0.152. The highest BCUT2D eigenvalue weighted by Gasteiger charge is 2.09. The average molecular weight is 406 g/mol. The molecule has 6 nitrogen and oxygen atoms in total. The summed E-state index contributed by atoms with van der Waals surface area (Å²) in [6, 6.07) is 6.86. The summed E-state index contributed by atoms with van der Waals surface area (Å²) >= 11 is 5.41. The largest absolute Gasteiger partial charge is 0.456 e. The fourth-order valence-corrected chi connectivity index (χ4v) is 2.45. The third kappa shape index (κ3) is 4.72.